The maximum absolute atomic E-state index is 13.4. The molecule has 9 nitrogen and oxygen atoms in total. The van der Waals surface area contributed by atoms with E-state index in [9.17, 15) is 14.4 Å². The lowest BCUT2D eigenvalue weighted by Gasteiger charge is -2.25. The van der Waals surface area contributed by atoms with Crippen LogP contribution in [0.5, 0.6) is 0 Å². The van der Waals surface area contributed by atoms with E-state index in [0.717, 1.165) is 21.5 Å². The van der Waals surface area contributed by atoms with Crippen molar-refractivity contribution < 1.29 is 23.9 Å². The Bertz CT molecular complexity index is 1710. The van der Waals surface area contributed by atoms with Crippen LogP contribution in [0.2, 0.25) is 0 Å². The van der Waals surface area contributed by atoms with E-state index in [0.29, 0.717) is 11.4 Å². The molecule has 0 bridgehead atoms. The number of benzene rings is 4. The van der Waals surface area contributed by atoms with Gasteiger partial charge in [0, 0.05) is 17.3 Å². The number of halogens is 1. The van der Waals surface area contributed by atoms with Gasteiger partial charge in [0.25, 0.3) is 5.91 Å². The molecule has 1 atom stereocenters. The minimum absolute atomic E-state index is 0.00330. The Labute approximate surface area is 250 Å². The molecule has 0 aliphatic heterocycles. The van der Waals surface area contributed by atoms with Crippen LogP contribution in [0.3, 0.4) is 0 Å². The zero-order valence-corrected chi connectivity index (χ0v) is 24.0. The number of anilines is 2. The Morgan fingerprint density at radius 1 is 0.833 bits per heavy atom. The van der Waals surface area contributed by atoms with Gasteiger partial charge in [0.2, 0.25) is 0 Å². The van der Waals surface area contributed by atoms with Crippen LogP contribution in [0.25, 0.3) is 21.5 Å². The number of ether oxygens (including phenoxy) is 2. The standard InChI is InChI=1S/C32H27BrN4O5/c33-21-29(36-30(38)28-13-5-6-17-34-28)42-32(40)37(25-16-15-22-8-1-2-10-24(22)20-25)18-19-41-31(39)35-27-14-7-11-23-9-3-4-12-26(23)27/h1-17,20,29H,18-19,21H2,(H,35,39)(H,36,38). The number of rotatable bonds is 9. The number of carbonyl (C=O) groups is 3. The second-order valence-corrected chi connectivity index (χ2v) is 9.83. The number of pyridine rings is 1. The first-order chi connectivity index (χ1) is 20.5. The van der Waals surface area contributed by atoms with E-state index in [1.54, 1.807) is 30.3 Å². The average Bonchev–Trinajstić information content (AvgIpc) is 3.03. The monoisotopic (exact) mass is 626 g/mol. The molecular formula is C32H27BrN4O5. The number of alkyl halides is 1. The molecule has 0 fully saturated rings. The molecule has 2 N–H and O–H groups in total. The number of aromatic nitrogens is 1. The van der Waals surface area contributed by atoms with E-state index in [-0.39, 0.29) is 24.2 Å². The summed E-state index contributed by atoms with van der Waals surface area (Å²) in [5.41, 5.74) is 1.35. The smallest absolute Gasteiger partial charge is 0.416 e. The number of hydrogen-bond donors (Lipinski definition) is 2. The van der Waals surface area contributed by atoms with Crippen molar-refractivity contribution in [2.75, 3.05) is 28.7 Å². The van der Waals surface area contributed by atoms with Crippen molar-refractivity contribution in [3.05, 3.63) is 115 Å². The Kier molecular flexibility index (Phi) is 9.25. The maximum Gasteiger partial charge on any atom is 0.416 e. The first-order valence-electron chi connectivity index (χ1n) is 13.2. The predicted molar refractivity (Wildman–Crippen MR) is 166 cm³/mol. The fraction of sp³-hybridized carbons (Fsp3) is 0.125. The number of amides is 3. The molecule has 1 aromatic heterocycles. The topological polar surface area (TPSA) is 110 Å². The van der Waals surface area contributed by atoms with E-state index in [4.69, 9.17) is 9.47 Å². The quantitative estimate of drug-likeness (QED) is 0.139. The summed E-state index contributed by atoms with van der Waals surface area (Å²) >= 11 is 3.30. The van der Waals surface area contributed by atoms with Crippen molar-refractivity contribution in [2.45, 2.75) is 6.23 Å². The molecule has 5 rings (SSSR count). The molecule has 1 heterocycles. The van der Waals surface area contributed by atoms with Crippen molar-refractivity contribution in [1.29, 1.82) is 0 Å². The Hall–Kier alpha value is -4.96. The number of hydrogen-bond acceptors (Lipinski definition) is 6. The van der Waals surface area contributed by atoms with Crippen LogP contribution < -0.4 is 15.5 Å². The first kappa shape index (κ1) is 28.6. The normalized spacial score (nSPS) is 11.5. The van der Waals surface area contributed by atoms with Crippen LogP contribution in [0.1, 0.15) is 10.5 Å². The highest BCUT2D eigenvalue weighted by atomic mass is 79.9. The average molecular weight is 627 g/mol. The molecule has 42 heavy (non-hydrogen) atoms. The van der Waals surface area contributed by atoms with Gasteiger partial charge in [-0.15, -0.1) is 0 Å². The SMILES string of the molecule is O=C(Nc1cccc2ccccc12)OCCN(C(=O)OC(CBr)NC(=O)c1ccccn1)c1ccc2ccccc2c1. The van der Waals surface area contributed by atoms with Crippen molar-refractivity contribution >= 4 is 66.9 Å². The van der Waals surface area contributed by atoms with Gasteiger partial charge in [-0.2, -0.15) is 0 Å². The molecule has 0 aliphatic carbocycles. The molecule has 0 saturated heterocycles. The fourth-order valence-electron chi connectivity index (χ4n) is 4.38. The zero-order valence-electron chi connectivity index (χ0n) is 22.4. The van der Waals surface area contributed by atoms with E-state index >= 15 is 0 Å². The molecule has 0 saturated carbocycles. The predicted octanol–water partition coefficient (Wildman–Crippen LogP) is 6.73. The Balaban J connectivity index is 1.28. The van der Waals surface area contributed by atoms with Gasteiger partial charge in [0.05, 0.1) is 17.6 Å². The minimum Gasteiger partial charge on any atom is -0.447 e. The second kappa shape index (κ2) is 13.6. The van der Waals surface area contributed by atoms with Gasteiger partial charge in [-0.25, -0.2) is 9.59 Å². The molecule has 212 valence electrons. The fourth-order valence-corrected chi connectivity index (χ4v) is 4.68. The first-order valence-corrected chi connectivity index (χ1v) is 14.3. The van der Waals surface area contributed by atoms with Crippen molar-refractivity contribution in [3.8, 4) is 0 Å². The lowest BCUT2D eigenvalue weighted by molar-refractivity contribution is 0.0723. The highest BCUT2D eigenvalue weighted by Crippen LogP contribution is 2.24. The van der Waals surface area contributed by atoms with Gasteiger partial charge in [-0.05, 0) is 46.5 Å². The molecule has 3 amide bonds. The van der Waals surface area contributed by atoms with Crippen LogP contribution in [0.4, 0.5) is 21.0 Å². The van der Waals surface area contributed by atoms with Crippen molar-refractivity contribution in [3.63, 3.8) is 0 Å². The lowest BCUT2D eigenvalue weighted by Crippen LogP contribution is -2.44. The summed E-state index contributed by atoms with van der Waals surface area (Å²) in [6.45, 7) is -0.110. The summed E-state index contributed by atoms with van der Waals surface area (Å²) in [5.74, 6) is -0.487. The van der Waals surface area contributed by atoms with Gasteiger partial charge in [-0.1, -0.05) is 88.7 Å². The summed E-state index contributed by atoms with van der Waals surface area (Å²) in [6, 6.07) is 31.5. The number of nitrogens with one attached hydrogen (secondary N) is 2. The number of carbonyl (C=O) groups excluding carboxylic acids is 3. The van der Waals surface area contributed by atoms with Crippen LogP contribution >= 0.6 is 15.9 Å². The number of fused-ring (bicyclic) bond motifs is 2. The van der Waals surface area contributed by atoms with E-state index in [2.05, 4.69) is 31.5 Å². The third kappa shape index (κ3) is 7.02. The third-order valence-corrected chi connectivity index (χ3v) is 7.00. The van der Waals surface area contributed by atoms with Gasteiger partial charge in [0.1, 0.15) is 12.3 Å². The van der Waals surface area contributed by atoms with Crippen molar-refractivity contribution in [1.82, 2.24) is 10.3 Å². The van der Waals surface area contributed by atoms with Gasteiger partial charge < -0.3 is 14.8 Å². The molecule has 0 radical (unpaired) electrons. The second-order valence-electron chi connectivity index (χ2n) is 9.19. The minimum atomic E-state index is -0.981. The van der Waals surface area contributed by atoms with Gasteiger partial charge in [0.15, 0.2) is 6.23 Å². The molecule has 5 aromatic rings. The molecule has 1 unspecified atom stereocenters. The maximum atomic E-state index is 13.4. The van der Waals surface area contributed by atoms with E-state index in [1.807, 2.05) is 72.8 Å². The Morgan fingerprint density at radius 3 is 2.36 bits per heavy atom. The van der Waals surface area contributed by atoms with E-state index in [1.165, 1.54) is 11.1 Å². The summed E-state index contributed by atoms with van der Waals surface area (Å²) < 4.78 is 11.1. The van der Waals surface area contributed by atoms with Gasteiger partial charge >= 0.3 is 12.2 Å². The van der Waals surface area contributed by atoms with Crippen LogP contribution in [0.15, 0.2) is 109 Å². The van der Waals surface area contributed by atoms with Crippen LogP contribution in [-0.2, 0) is 9.47 Å². The zero-order chi connectivity index (χ0) is 29.3. The van der Waals surface area contributed by atoms with Crippen LogP contribution in [0, 0.1) is 0 Å². The summed E-state index contributed by atoms with van der Waals surface area (Å²) in [7, 11) is 0. The molecule has 0 aliphatic rings. The van der Waals surface area contributed by atoms with Crippen LogP contribution in [-0.4, -0.2) is 47.8 Å². The summed E-state index contributed by atoms with van der Waals surface area (Å²) in [6.07, 6.45) is -0.860. The number of nitrogens with zero attached hydrogens (tertiary/aromatic N) is 2. The molecule has 0 spiro atoms. The molecule has 10 heteroatoms. The third-order valence-electron chi connectivity index (χ3n) is 6.41. The van der Waals surface area contributed by atoms with Gasteiger partial charge in [-0.3, -0.25) is 20.0 Å². The summed E-state index contributed by atoms with van der Waals surface area (Å²) in [4.78, 5) is 44.1. The summed E-state index contributed by atoms with van der Waals surface area (Å²) in [5, 5.41) is 9.36. The van der Waals surface area contributed by atoms with E-state index < -0.39 is 24.3 Å². The van der Waals surface area contributed by atoms with Crippen molar-refractivity contribution in [2.24, 2.45) is 0 Å². The molecular weight excluding hydrogens is 600 g/mol. The highest BCUT2D eigenvalue weighted by molar-refractivity contribution is 9.09. The Morgan fingerprint density at radius 2 is 1.57 bits per heavy atom. The highest BCUT2D eigenvalue weighted by Gasteiger charge is 2.24. The lowest BCUT2D eigenvalue weighted by atomic mass is 10.1. The largest absolute Gasteiger partial charge is 0.447 e. The molecule has 4 aromatic carbocycles.